The number of benzene rings is 1. The second kappa shape index (κ2) is 2.53. The largest absolute Gasteiger partial charge is 0.469 e. The minimum absolute atomic E-state index is 0.500. The number of ether oxygens (including phenoxy) is 1. The Hall–Kier alpha value is -1.48. The van der Waals surface area contributed by atoms with Gasteiger partial charge in [-0.2, -0.15) is 0 Å². The van der Waals surface area contributed by atoms with E-state index in [9.17, 15) is 0 Å². The summed E-state index contributed by atoms with van der Waals surface area (Å²) >= 11 is 0. The highest BCUT2D eigenvalue weighted by atomic mass is 16.5. The molecule has 1 aliphatic rings. The smallest absolute Gasteiger partial charge is 0.188 e. The maximum atomic E-state index is 5.60. The minimum Gasteiger partial charge on any atom is -0.469 e. The molecule has 0 bridgehead atoms. The van der Waals surface area contributed by atoms with Crippen LogP contribution in [0.4, 0.5) is 0 Å². The molecule has 3 nitrogen and oxygen atoms in total. The average molecular weight is 162 g/mol. The maximum absolute atomic E-state index is 5.60. The van der Waals surface area contributed by atoms with Gasteiger partial charge in [-0.15, -0.1) is 0 Å². The standard InChI is InChI=1S/C9H10N2O/c10-7-5-6-3-1-2-4-8(6)12-9(7)11/h1-5,9H,10-11H2. The Morgan fingerprint density at radius 2 is 2.00 bits per heavy atom. The molecule has 0 aliphatic carbocycles. The highest BCUT2D eigenvalue weighted by Crippen LogP contribution is 2.25. The fourth-order valence-corrected chi connectivity index (χ4v) is 1.17. The van der Waals surface area contributed by atoms with Crippen molar-refractivity contribution >= 4 is 6.08 Å². The van der Waals surface area contributed by atoms with Gasteiger partial charge in [-0.25, -0.2) is 0 Å². The summed E-state index contributed by atoms with van der Waals surface area (Å²) in [6.45, 7) is 0. The molecule has 1 heterocycles. The summed E-state index contributed by atoms with van der Waals surface area (Å²) < 4.78 is 5.33. The molecule has 1 aromatic carbocycles. The van der Waals surface area contributed by atoms with Crippen LogP contribution >= 0.6 is 0 Å². The first-order valence-electron chi connectivity index (χ1n) is 3.76. The summed E-state index contributed by atoms with van der Waals surface area (Å²) in [5.74, 6) is 0.791. The quantitative estimate of drug-likeness (QED) is 0.589. The molecule has 1 aromatic rings. The number of hydrogen-bond acceptors (Lipinski definition) is 3. The molecular formula is C9H10N2O. The van der Waals surface area contributed by atoms with Crippen LogP contribution < -0.4 is 16.2 Å². The Bertz CT molecular complexity index is 333. The molecule has 2 rings (SSSR count). The minimum atomic E-state index is -0.500. The van der Waals surface area contributed by atoms with Crippen molar-refractivity contribution in [2.24, 2.45) is 11.5 Å². The fraction of sp³-hybridized carbons (Fsp3) is 0.111. The Balaban J connectivity index is 2.49. The third-order valence-corrected chi connectivity index (χ3v) is 1.82. The molecule has 62 valence electrons. The second-order valence-corrected chi connectivity index (χ2v) is 2.72. The van der Waals surface area contributed by atoms with E-state index in [1.165, 1.54) is 0 Å². The summed E-state index contributed by atoms with van der Waals surface area (Å²) in [5, 5.41) is 0. The Morgan fingerprint density at radius 1 is 1.25 bits per heavy atom. The van der Waals surface area contributed by atoms with Crippen LogP contribution in [0.1, 0.15) is 5.56 Å². The number of para-hydroxylation sites is 1. The van der Waals surface area contributed by atoms with E-state index >= 15 is 0 Å². The lowest BCUT2D eigenvalue weighted by Crippen LogP contribution is -2.35. The molecule has 0 fully saturated rings. The van der Waals surface area contributed by atoms with Gasteiger partial charge in [0.1, 0.15) is 5.75 Å². The third-order valence-electron chi connectivity index (χ3n) is 1.82. The van der Waals surface area contributed by atoms with Crippen molar-refractivity contribution in [3.63, 3.8) is 0 Å². The summed E-state index contributed by atoms with van der Waals surface area (Å²) in [6, 6.07) is 7.65. The van der Waals surface area contributed by atoms with E-state index < -0.39 is 6.23 Å². The third kappa shape index (κ3) is 1.04. The van der Waals surface area contributed by atoms with Gasteiger partial charge in [0, 0.05) is 5.56 Å². The highest BCUT2D eigenvalue weighted by Gasteiger charge is 2.15. The normalized spacial score (nSPS) is 20.8. The van der Waals surface area contributed by atoms with Crippen LogP contribution in [0.5, 0.6) is 5.75 Å². The predicted octanol–water partition coefficient (Wildman–Crippen LogP) is 0.663. The van der Waals surface area contributed by atoms with Gasteiger partial charge in [0.2, 0.25) is 0 Å². The van der Waals surface area contributed by atoms with Crippen LogP contribution in [0.25, 0.3) is 6.08 Å². The average Bonchev–Trinajstić information content (AvgIpc) is 2.07. The van der Waals surface area contributed by atoms with E-state index in [-0.39, 0.29) is 0 Å². The highest BCUT2D eigenvalue weighted by molar-refractivity contribution is 5.62. The van der Waals surface area contributed by atoms with Crippen molar-refractivity contribution in [2.75, 3.05) is 0 Å². The lowest BCUT2D eigenvalue weighted by molar-refractivity contribution is 0.240. The monoisotopic (exact) mass is 162 g/mol. The van der Waals surface area contributed by atoms with E-state index in [2.05, 4.69) is 0 Å². The summed E-state index contributed by atoms with van der Waals surface area (Å²) in [6.07, 6.45) is 1.34. The molecule has 0 aromatic heterocycles. The van der Waals surface area contributed by atoms with Gasteiger partial charge in [-0.1, -0.05) is 18.2 Å². The molecular weight excluding hydrogens is 152 g/mol. The lowest BCUT2D eigenvalue weighted by atomic mass is 10.1. The first-order chi connectivity index (χ1) is 5.77. The molecule has 1 atom stereocenters. The molecule has 0 amide bonds. The maximum Gasteiger partial charge on any atom is 0.188 e. The zero-order chi connectivity index (χ0) is 8.55. The summed E-state index contributed by atoms with van der Waals surface area (Å²) in [4.78, 5) is 0. The van der Waals surface area contributed by atoms with Crippen LogP contribution in [0.15, 0.2) is 30.0 Å². The molecule has 1 unspecified atom stereocenters. The molecule has 0 spiro atoms. The Labute approximate surface area is 70.6 Å². The SMILES string of the molecule is NC1=Cc2ccccc2OC1N. The Kier molecular flexibility index (Phi) is 1.52. The fourth-order valence-electron chi connectivity index (χ4n) is 1.17. The van der Waals surface area contributed by atoms with Crippen molar-refractivity contribution in [3.8, 4) is 5.75 Å². The van der Waals surface area contributed by atoms with Crippen molar-refractivity contribution in [3.05, 3.63) is 35.5 Å². The molecule has 3 heteroatoms. The predicted molar refractivity (Wildman–Crippen MR) is 47.2 cm³/mol. The molecule has 1 aliphatic heterocycles. The van der Waals surface area contributed by atoms with E-state index in [0.717, 1.165) is 11.3 Å². The van der Waals surface area contributed by atoms with E-state index in [1.54, 1.807) is 0 Å². The Morgan fingerprint density at radius 3 is 2.83 bits per heavy atom. The molecule has 12 heavy (non-hydrogen) atoms. The van der Waals surface area contributed by atoms with Crippen LogP contribution in [0, 0.1) is 0 Å². The van der Waals surface area contributed by atoms with Crippen LogP contribution in [-0.4, -0.2) is 6.23 Å². The number of hydrogen-bond donors (Lipinski definition) is 2. The van der Waals surface area contributed by atoms with Gasteiger partial charge in [0.15, 0.2) is 6.23 Å². The van der Waals surface area contributed by atoms with E-state index in [1.807, 2.05) is 30.3 Å². The molecule has 4 N–H and O–H groups in total. The van der Waals surface area contributed by atoms with Crippen molar-refractivity contribution in [1.82, 2.24) is 0 Å². The molecule has 0 saturated heterocycles. The van der Waals surface area contributed by atoms with E-state index in [4.69, 9.17) is 16.2 Å². The van der Waals surface area contributed by atoms with Gasteiger partial charge in [-0.05, 0) is 12.1 Å². The number of rotatable bonds is 0. The zero-order valence-corrected chi connectivity index (χ0v) is 6.53. The van der Waals surface area contributed by atoms with Gasteiger partial charge in [0.25, 0.3) is 0 Å². The van der Waals surface area contributed by atoms with Crippen molar-refractivity contribution in [1.29, 1.82) is 0 Å². The first-order valence-corrected chi connectivity index (χ1v) is 3.76. The van der Waals surface area contributed by atoms with Gasteiger partial charge in [-0.3, -0.25) is 5.73 Å². The van der Waals surface area contributed by atoms with E-state index in [0.29, 0.717) is 5.70 Å². The van der Waals surface area contributed by atoms with Gasteiger partial charge >= 0.3 is 0 Å². The van der Waals surface area contributed by atoms with Gasteiger partial charge in [0.05, 0.1) is 5.70 Å². The van der Waals surface area contributed by atoms with Crippen LogP contribution in [-0.2, 0) is 0 Å². The van der Waals surface area contributed by atoms with Crippen molar-refractivity contribution in [2.45, 2.75) is 6.23 Å². The zero-order valence-electron chi connectivity index (χ0n) is 6.53. The van der Waals surface area contributed by atoms with Gasteiger partial charge < -0.3 is 10.5 Å². The summed E-state index contributed by atoms with van der Waals surface area (Å²) in [7, 11) is 0. The number of nitrogens with two attached hydrogens (primary N) is 2. The summed E-state index contributed by atoms with van der Waals surface area (Å²) in [5.41, 5.74) is 12.7. The molecule has 0 saturated carbocycles. The lowest BCUT2D eigenvalue weighted by Gasteiger charge is -2.21. The van der Waals surface area contributed by atoms with Crippen LogP contribution in [0.3, 0.4) is 0 Å². The first kappa shape index (κ1) is 7.18. The second-order valence-electron chi connectivity index (χ2n) is 2.72. The number of fused-ring (bicyclic) bond motifs is 1. The topological polar surface area (TPSA) is 61.3 Å². The van der Waals surface area contributed by atoms with Crippen LogP contribution in [0.2, 0.25) is 0 Å². The molecule has 0 radical (unpaired) electrons. The van der Waals surface area contributed by atoms with Crippen molar-refractivity contribution < 1.29 is 4.74 Å².